The van der Waals surface area contributed by atoms with Gasteiger partial charge in [-0.1, -0.05) is 57.2 Å². The molecule has 0 saturated heterocycles. The first-order valence-corrected chi connectivity index (χ1v) is 8.62. The molecule has 0 aromatic heterocycles. The fourth-order valence-corrected chi connectivity index (χ4v) is 2.67. The van der Waals surface area contributed by atoms with Crippen molar-refractivity contribution in [2.75, 3.05) is 5.32 Å². The van der Waals surface area contributed by atoms with Gasteiger partial charge in [-0.05, 0) is 28.7 Å². The molecule has 0 aliphatic carbocycles. The molecule has 0 heterocycles. The molecule has 2 rings (SSSR count). The maximum absolute atomic E-state index is 12.5. The summed E-state index contributed by atoms with van der Waals surface area (Å²) < 4.78 is 0. The Morgan fingerprint density at radius 1 is 1.08 bits per heavy atom. The van der Waals surface area contributed by atoms with Gasteiger partial charge < -0.3 is 15.7 Å². The fourth-order valence-electron chi connectivity index (χ4n) is 2.67. The van der Waals surface area contributed by atoms with Gasteiger partial charge in [0.05, 0.1) is 18.2 Å². The molecule has 3 N–H and O–H groups in total. The first kappa shape index (κ1) is 19.5. The first-order valence-electron chi connectivity index (χ1n) is 8.62. The maximum atomic E-state index is 12.5. The summed E-state index contributed by atoms with van der Waals surface area (Å²) in [6.07, 6.45) is 0.0722. The quantitative estimate of drug-likeness (QED) is 0.713. The second kappa shape index (κ2) is 8.04. The highest BCUT2D eigenvalue weighted by Crippen LogP contribution is 2.31. The Labute approximate surface area is 154 Å². The third kappa shape index (κ3) is 5.34. The Hall–Kier alpha value is -2.82. The second-order valence-electron chi connectivity index (χ2n) is 7.40. The van der Waals surface area contributed by atoms with Crippen LogP contribution in [0.5, 0.6) is 5.75 Å². The van der Waals surface area contributed by atoms with Crippen LogP contribution >= 0.6 is 0 Å². The zero-order valence-corrected chi connectivity index (χ0v) is 15.7. The minimum Gasteiger partial charge on any atom is -0.506 e. The van der Waals surface area contributed by atoms with E-state index in [2.05, 4.69) is 31.4 Å². The van der Waals surface area contributed by atoms with E-state index in [1.165, 1.54) is 6.92 Å². The smallest absolute Gasteiger partial charge is 0.226 e. The van der Waals surface area contributed by atoms with Gasteiger partial charge in [0.1, 0.15) is 5.75 Å². The number of carbonyl (C=O) groups excluding carboxylic acids is 2. The molecule has 0 aliphatic heterocycles. The SMILES string of the molecule is CC(=O)NC(CC(=O)Nc1cc(C(C)(C)C)ccc1O)c1ccccc1. The lowest BCUT2D eigenvalue weighted by molar-refractivity contribution is -0.120. The van der Waals surface area contributed by atoms with Crippen LogP contribution in [0.2, 0.25) is 0 Å². The molecule has 1 unspecified atom stereocenters. The summed E-state index contributed by atoms with van der Waals surface area (Å²) in [6, 6.07) is 14.1. The largest absolute Gasteiger partial charge is 0.506 e. The molecule has 0 spiro atoms. The maximum Gasteiger partial charge on any atom is 0.226 e. The van der Waals surface area contributed by atoms with Crippen molar-refractivity contribution < 1.29 is 14.7 Å². The third-order valence-electron chi connectivity index (χ3n) is 4.11. The van der Waals surface area contributed by atoms with Gasteiger partial charge >= 0.3 is 0 Å². The van der Waals surface area contributed by atoms with Crippen molar-refractivity contribution in [3.05, 3.63) is 59.7 Å². The minimum absolute atomic E-state index is 0.0159. The third-order valence-corrected chi connectivity index (χ3v) is 4.11. The molecule has 26 heavy (non-hydrogen) atoms. The van der Waals surface area contributed by atoms with E-state index in [4.69, 9.17) is 0 Å². The highest BCUT2D eigenvalue weighted by Gasteiger charge is 2.19. The van der Waals surface area contributed by atoms with E-state index >= 15 is 0 Å². The number of hydrogen-bond acceptors (Lipinski definition) is 3. The van der Waals surface area contributed by atoms with Crippen LogP contribution in [0.25, 0.3) is 0 Å². The Morgan fingerprint density at radius 2 is 1.73 bits per heavy atom. The van der Waals surface area contributed by atoms with Gasteiger partial charge in [0.25, 0.3) is 0 Å². The molecule has 138 valence electrons. The second-order valence-corrected chi connectivity index (χ2v) is 7.40. The van der Waals surface area contributed by atoms with Gasteiger partial charge in [-0.3, -0.25) is 9.59 Å². The summed E-state index contributed by atoms with van der Waals surface area (Å²) in [5.74, 6) is -0.472. The Kier molecular flexibility index (Phi) is 6.03. The van der Waals surface area contributed by atoms with Crippen LogP contribution in [0.4, 0.5) is 5.69 Å². The van der Waals surface area contributed by atoms with Crippen LogP contribution in [0.15, 0.2) is 48.5 Å². The van der Waals surface area contributed by atoms with E-state index in [0.29, 0.717) is 5.69 Å². The van der Waals surface area contributed by atoms with Crippen LogP contribution in [-0.2, 0) is 15.0 Å². The fraction of sp³-hybridized carbons (Fsp3) is 0.333. The molecular weight excluding hydrogens is 328 g/mol. The van der Waals surface area contributed by atoms with E-state index in [0.717, 1.165) is 11.1 Å². The summed E-state index contributed by atoms with van der Waals surface area (Å²) in [5.41, 5.74) is 2.13. The van der Waals surface area contributed by atoms with E-state index in [-0.39, 0.29) is 29.4 Å². The molecule has 0 saturated carbocycles. The molecule has 0 bridgehead atoms. The van der Waals surface area contributed by atoms with Crippen LogP contribution in [-0.4, -0.2) is 16.9 Å². The summed E-state index contributed by atoms with van der Waals surface area (Å²) in [5, 5.41) is 15.6. The summed E-state index contributed by atoms with van der Waals surface area (Å²) in [7, 11) is 0. The molecule has 0 fully saturated rings. The van der Waals surface area contributed by atoms with Crippen molar-refractivity contribution in [1.82, 2.24) is 5.32 Å². The number of benzene rings is 2. The standard InChI is InChI=1S/C21H26N2O3/c1-14(24)22-17(15-8-6-5-7-9-15)13-20(26)23-18-12-16(21(2,3)4)10-11-19(18)25/h5-12,17,25H,13H2,1-4H3,(H,22,24)(H,23,26). The predicted octanol–water partition coefficient (Wildman–Crippen LogP) is 3.90. The normalized spacial score (nSPS) is 12.3. The number of amides is 2. The van der Waals surface area contributed by atoms with Gasteiger partial charge in [0.15, 0.2) is 0 Å². The van der Waals surface area contributed by atoms with E-state index < -0.39 is 6.04 Å². The van der Waals surface area contributed by atoms with Crippen LogP contribution < -0.4 is 10.6 Å². The van der Waals surface area contributed by atoms with Crippen LogP contribution in [0.3, 0.4) is 0 Å². The Morgan fingerprint density at radius 3 is 2.31 bits per heavy atom. The molecule has 2 amide bonds. The zero-order valence-electron chi connectivity index (χ0n) is 15.7. The molecule has 2 aromatic rings. The molecule has 0 radical (unpaired) electrons. The van der Waals surface area contributed by atoms with Crippen molar-refractivity contribution in [2.45, 2.75) is 45.6 Å². The average molecular weight is 354 g/mol. The van der Waals surface area contributed by atoms with Crippen molar-refractivity contribution in [3.8, 4) is 5.75 Å². The lowest BCUT2D eigenvalue weighted by Crippen LogP contribution is -2.29. The van der Waals surface area contributed by atoms with Crippen LogP contribution in [0.1, 0.15) is 51.3 Å². The topological polar surface area (TPSA) is 78.4 Å². The number of hydrogen-bond donors (Lipinski definition) is 3. The van der Waals surface area contributed by atoms with Crippen molar-refractivity contribution in [3.63, 3.8) is 0 Å². The van der Waals surface area contributed by atoms with Gasteiger partial charge in [0, 0.05) is 6.92 Å². The summed E-state index contributed by atoms with van der Waals surface area (Å²) in [6.45, 7) is 7.61. The van der Waals surface area contributed by atoms with Gasteiger partial charge in [-0.2, -0.15) is 0 Å². The van der Waals surface area contributed by atoms with E-state index in [1.807, 2.05) is 36.4 Å². The summed E-state index contributed by atoms with van der Waals surface area (Å²) >= 11 is 0. The van der Waals surface area contributed by atoms with Crippen LogP contribution in [0, 0.1) is 0 Å². The van der Waals surface area contributed by atoms with E-state index in [1.54, 1.807) is 12.1 Å². The highest BCUT2D eigenvalue weighted by molar-refractivity contribution is 5.93. The lowest BCUT2D eigenvalue weighted by Gasteiger charge is -2.21. The minimum atomic E-state index is -0.429. The molecule has 0 aliphatic rings. The van der Waals surface area contributed by atoms with Gasteiger partial charge in [-0.15, -0.1) is 0 Å². The van der Waals surface area contributed by atoms with Crippen molar-refractivity contribution >= 4 is 17.5 Å². The lowest BCUT2D eigenvalue weighted by atomic mass is 9.87. The van der Waals surface area contributed by atoms with Gasteiger partial charge in [0.2, 0.25) is 11.8 Å². The number of anilines is 1. The van der Waals surface area contributed by atoms with E-state index in [9.17, 15) is 14.7 Å². The first-order chi connectivity index (χ1) is 12.2. The number of carbonyl (C=O) groups is 2. The van der Waals surface area contributed by atoms with Crippen molar-refractivity contribution in [1.29, 1.82) is 0 Å². The monoisotopic (exact) mass is 354 g/mol. The number of nitrogens with one attached hydrogen (secondary N) is 2. The zero-order chi connectivity index (χ0) is 19.3. The number of phenolic OH excluding ortho intramolecular Hbond substituents is 1. The summed E-state index contributed by atoms with van der Waals surface area (Å²) in [4.78, 5) is 24.0. The average Bonchev–Trinajstić information content (AvgIpc) is 2.55. The van der Waals surface area contributed by atoms with Crippen molar-refractivity contribution in [2.24, 2.45) is 0 Å². The Balaban J connectivity index is 2.17. The van der Waals surface area contributed by atoms with Gasteiger partial charge in [-0.25, -0.2) is 0 Å². The number of rotatable bonds is 5. The Bertz CT molecular complexity index is 780. The molecule has 5 heteroatoms. The highest BCUT2D eigenvalue weighted by atomic mass is 16.3. The molecule has 1 atom stereocenters. The molecule has 5 nitrogen and oxygen atoms in total. The molecule has 2 aromatic carbocycles. The predicted molar refractivity (Wildman–Crippen MR) is 103 cm³/mol. The number of aromatic hydroxyl groups is 1. The molecular formula is C21H26N2O3. The number of phenols is 1.